The maximum absolute atomic E-state index is 10.9. The molecule has 0 saturated carbocycles. The van der Waals surface area contributed by atoms with Gasteiger partial charge in [0, 0.05) is 30.6 Å². The summed E-state index contributed by atoms with van der Waals surface area (Å²) in [6.45, 7) is 3.80. The van der Waals surface area contributed by atoms with Crippen molar-refractivity contribution in [1.82, 2.24) is 4.90 Å². The van der Waals surface area contributed by atoms with E-state index in [2.05, 4.69) is 84.6 Å². The molecule has 146 valence electrons. The van der Waals surface area contributed by atoms with Crippen LogP contribution in [-0.4, -0.2) is 27.9 Å². The highest BCUT2D eigenvalue weighted by atomic mass is 32.2. The Labute approximate surface area is 173 Å². The number of rotatable bonds is 10. The van der Waals surface area contributed by atoms with Crippen molar-refractivity contribution in [3.63, 3.8) is 0 Å². The Hall–Kier alpha value is -2.07. The van der Waals surface area contributed by atoms with Crippen molar-refractivity contribution in [2.45, 2.75) is 37.9 Å². The standard InChI is InChI=1S/C25H29NOS/c1-21(25(27)20-28-19-24-15-9-4-10-16-24)26(17-22-11-5-2-6-12-22)18-23-13-7-3-8-14-23/h2-16,21,25,27H,17-20H2,1H3/t21-,25-/m0/s1. The van der Waals surface area contributed by atoms with Crippen LogP contribution in [0.15, 0.2) is 91.0 Å². The monoisotopic (exact) mass is 391 g/mol. The third kappa shape index (κ3) is 6.52. The van der Waals surface area contributed by atoms with Gasteiger partial charge in [-0.05, 0) is 23.6 Å². The highest BCUT2D eigenvalue weighted by Gasteiger charge is 2.22. The summed E-state index contributed by atoms with van der Waals surface area (Å²) in [5, 5.41) is 10.9. The minimum Gasteiger partial charge on any atom is -0.391 e. The highest BCUT2D eigenvalue weighted by molar-refractivity contribution is 7.98. The predicted octanol–water partition coefficient (Wildman–Crippen LogP) is 5.37. The molecule has 0 amide bonds. The Kier molecular flexibility index (Phi) is 8.16. The van der Waals surface area contributed by atoms with Crippen LogP contribution in [0.4, 0.5) is 0 Å². The first kappa shape index (κ1) is 20.7. The van der Waals surface area contributed by atoms with Crippen LogP contribution in [0.3, 0.4) is 0 Å². The van der Waals surface area contributed by atoms with E-state index in [1.165, 1.54) is 16.7 Å². The first-order chi connectivity index (χ1) is 13.7. The van der Waals surface area contributed by atoms with Gasteiger partial charge in [0.25, 0.3) is 0 Å². The average Bonchev–Trinajstić information content (AvgIpc) is 2.75. The lowest BCUT2D eigenvalue weighted by Gasteiger charge is -2.32. The second-order valence-electron chi connectivity index (χ2n) is 7.18. The maximum Gasteiger partial charge on any atom is 0.0783 e. The van der Waals surface area contributed by atoms with Crippen LogP contribution in [0.1, 0.15) is 23.6 Å². The molecule has 0 aliphatic heterocycles. The first-order valence-electron chi connectivity index (χ1n) is 9.84. The van der Waals surface area contributed by atoms with Crippen LogP contribution >= 0.6 is 11.8 Å². The van der Waals surface area contributed by atoms with Crippen LogP contribution in [0, 0.1) is 0 Å². The molecule has 0 heterocycles. The molecule has 3 aromatic carbocycles. The molecule has 0 aliphatic carbocycles. The quantitative estimate of drug-likeness (QED) is 0.502. The summed E-state index contributed by atoms with van der Waals surface area (Å²) in [7, 11) is 0. The second-order valence-corrected chi connectivity index (χ2v) is 8.22. The number of aliphatic hydroxyl groups excluding tert-OH is 1. The van der Waals surface area contributed by atoms with Crippen molar-refractivity contribution in [2.75, 3.05) is 5.75 Å². The Balaban J connectivity index is 1.61. The fourth-order valence-electron chi connectivity index (χ4n) is 3.23. The van der Waals surface area contributed by atoms with Gasteiger partial charge in [-0.3, -0.25) is 4.90 Å². The fourth-order valence-corrected chi connectivity index (χ4v) is 4.30. The summed E-state index contributed by atoms with van der Waals surface area (Å²) in [5.74, 6) is 1.66. The maximum atomic E-state index is 10.9. The van der Waals surface area contributed by atoms with Crippen LogP contribution in [0.2, 0.25) is 0 Å². The third-order valence-corrected chi connectivity index (χ3v) is 6.10. The molecule has 0 spiro atoms. The van der Waals surface area contributed by atoms with E-state index in [1.807, 2.05) is 18.2 Å². The Bertz CT molecular complexity index is 753. The fraction of sp³-hybridized carbons (Fsp3) is 0.280. The molecule has 0 bridgehead atoms. The highest BCUT2D eigenvalue weighted by Crippen LogP contribution is 2.19. The summed E-state index contributed by atoms with van der Waals surface area (Å²) in [6, 6.07) is 31.5. The minimum atomic E-state index is -0.374. The molecule has 3 heteroatoms. The van der Waals surface area contributed by atoms with Crippen molar-refractivity contribution in [2.24, 2.45) is 0 Å². The molecular formula is C25H29NOS. The van der Waals surface area contributed by atoms with E-state index in [0.29, 0.717) is 0 Å². The smallest absolute Gasteiger partial charge is 0.0783 e. The number of nitrogens with zero attached hydrogens (tertiary/aromatic N) is 1. The molecule has 3 aromatic rings. The molecule has 0 radical (unpaired) electrons. The largest absolute Gasteiger partial charge is 0.391 e. The number of benzene rings is 3. The molecule has 2 nitrogen and oxygen atoms in total. The summed E-state index contributed by atoms with van der Waals surface area (Å²) < 4.78 is 0. The van der Waals surface area contributed by atoms with Gasteiger partial charge in [0.05, 0.1) is 6.10 Å². The van der Waals surface area contributed by atoms with Crippen molar-refractivity contribution in [3.8, 4) is 0 Å². The van der Waals surface area contributed by atoms with E-state index in [0.717, 1.165) is 24.6 Å². The normalized spacial score (nSPS) is 13.4. The number of hydrogen-bond acceptors (Lipinski definition) is 3. The van der Waals surface area contributed by atoms with Crippen molar-refractivity contribution in [1.29, 1.82) is 0 Å². The van der Waals surface area contributed by atoms with Crippen LogP contribution < -0.4 is 0 Å². The SMILES string of the molecule is C[C@@H]([C@@H](O)CSCc1ccccc1)N(Cc1ccccc1)Cc1ccccc1. The van der Waals surface area contributed by atoms with Crippen LogP contribution in [0.25, 0.3) is 0 Å². The third-order valence-electron chi connectivity index (χ3n) is 4.99. The van der Waals surface area contributed by atoms with Crippen molar-refractivity contribution >= 4 is 11.8 Å². The zero-order chi connectivity index (χ0) is 19.6. The van der Waals surface area contributed by atoms with Crippen LogP contribution in [0.5, 0.6) is 0 Å². The summed E-state index contributed by atoms with van der Waals surface area (Å²) in [6.07, 6.45) is -0.374. The van der Waals surface area contributed by atoms with E-state index >= 15 is 0 Å². The van der Waals surface area contributed by atoms with Gasteiger partial charge in [-0.2, -0.15) is 11.8 Å². The van der Waals surface area contributed by atoms with E-state index in [1.54, 1.807) is 11.8 Å². The summed E-state index contributed by atoms with van der Waals surface area (Å²) >= 11 is 1.80. The molecule has 2 atom stereocenters. The number of aliphatic hydroxyl groups is 1. The summed E-state index contributed by atoms with van der Waals surface area (Å²) in [4.78, 5) is 2.37. The van der Waals surface area contributed by atoms with Crippen LogP contribution in [-0.2, 0) is 18.8 Å². The lowest BCUT2D eigenvalue weighted by Crippen LogP contribution is -2.42. The molecule has 1 N–H and O–H groups in total. The van der Waals surface area contributed by atoms with Gasteiger partial charge < -0.3 is 5.11 Å². The molecule has 0 unspecified atom stereocenters. The van der Waals surface area contributed by atoms with E-state index < -0.39 is 0 Å². The van der Waals surface area contributed by atoms with Crippen molar-refractivity contribution in [3.05, 3.63) is 108 Å². The lowest BCUT2D eigenvalue weighted by molar-refractivity contribution is 0.0639. The first-order valence-corrected chi connectivity index (χ1v) is 11.0. The molecular weight excluding hydrogens is 362 g/mol. The summed E-state index contributed by atoms with van der Waals surface area (Å²) in [5.41, 5.74) is 3.85. The zero-order valence-corrected chi connectivity index (χ0v) is 17.3. The van der Waals surface area contributed by atoms with Gasteiger partial charge in [-0.15, -0.1) is 0 Å². The van der Waals surface area contributed by atoms with Gasteiger partial charge in [0.2, 0.25) is 0 Å². The average molecular weight is 392 g/mol. The molecule has 0 aromatic heterocycles. The Morgan fingerprint density at radius 3 is 1.61 bits per heavy atom. The van der Waals surface area contributed by atoms with Gasteiger partial charge in [0.15, 0.2) is 0 Å². The van der Waals surface area contributed by atoms with E-state index in [-0.39, 0.29) is 12.1 Å². The second kappa shape index (κ2) is 11.1. The Morgan fingerprint density at radius 1 is 0.714 bits per heavy atom. The van der Waals surface area contributed by atoms with E-state index in [4.69, 9.17) is 0 Å². The van der Waals surface area contributed by atoms with Crippen molar-refractivity contribution < 1.29 is 5.11 Å². The molecule has 0 saturated heterocycles. The lowest BCUT2D eigenvalue weighted by atomic mass is 10.1. The Morgan fingerprint density at radius 2 is 1.14 bits per heavy atom. The van der Waals surface area contributed by atoms with Gasteiger partial charge in [-0.1, -0.05) is 91.0 Å². The molecule has 0 aliphatic rings. The topological polar surface area (TPSA) is 23.5 Å². The van der Waals surface area contributed by atoms with Gasteiger partial charge in [0.1, 0.15) is 0 Å². The van der Waals surface area contributed by atoms with Gasteiger partial charge in [-0.25, -0.2) is 0 Å². The van der Waals surface area contributed by atoms with E-state index in [9.17, 15) is 5.11 Å². The molecule has 0 fully saturated rings. The number of hydrogen-bond donors (Lipinski definition) is 1. The molecule has 3 rings (SSSR count). The minimum absolute atomic E-state index is 0.0729. The number of thioether (sulfide) groups is 1. The predicted molar refractivity (Wildman–Crippen MR) is 120 cm³/mol. The molecule has 28 heavy (non-hydrogen) atoms. The van der Waals surface area contributed by atoms with Gasteiger partial charge >= 0.3 is 0 Å². The zero-order valence-electron chi connectivity index (χ0n) is 16.4.